The number of fused-ring (bicyclic) bond motifs is 4. The van der Waals surface area contributed by atoms with Crippen molar-refractivity contribution in [2.45, 2.75) is 45.1 Å². The van der Waals surface area contributed by atoms with Gasteiger partial charge in [-0.2, -0.15) is 5.10 Å². The van der Waals surface area contributed by atoms with E-state index in [9.17, 15) is 4.79 Å². The Morgan fingerprint density at radius 1 is 1.38 bits per heavy atom. The lowest BCUT2D eigenvalue weighted by Gasteiger charge is -2.44. The molecule has 128 valence electrons. The van der Waals surface area contributed by atoms with Crippen LogP contribution in [-0.2, 0) is 6.42 Å². The highest BCUT2D eigenvalue weighted by Crippen LogP contribution is 2.28. The Labute approximate surface area is 142 Å². The largest absolute Gasteiger partial charge is 0.346 e. The van der Waals surface area contributed by atoms with Gasteiger partial charge >= 0.3 is 0 Å². The SMILES string of the molecule is CCCCc1ccc2[nH]nc(C(=O)N[C@@H]3CN4CCC3CC4)c2c1. The minimum absolute atomic E-state index is 0.0346. The minimum Gasteiger partial charge on any atom is -0.346 e. The maximum absolute atomic E-state index is 12.8. The number of amides is 1. The summed E-state index contributed by atoms with van der Waals surface area (Å²) in [6.45, 7) is 5.55. The highest BCUT2D eigenvalue weighted by Gasteiger charge is 2.35. The number of carbonyl (C=O) groups is 1. The fourth-order valence-electron chi connectivity index (χ4n) is 4.14. The van der Waals surface area contributed by atoms with E-state index in [1.807, 2.05) is 6.07 Å². The van der Waals surface area contributed by atoms with Crippen LogP contribution in [0.5, 0.6) is 0 Å². The van der Waals surface area contributed by atoms with E-state index in [-0.39, 0.29) is 11.9 Å². The number of aromatic amines is 1. The second kappa shape index (κ2) is 6.55. The summed E-state index contributed by atoms with van der Waals surface area (Å²) < 4.78 is 0. The van der Waals surface area contributed by atoms with Gasteiger partial charge in [0.15, 0.2) is 5.69 Å². The zero-order valence-electron chi connectivity index (χ0n) is 14.3. The lowest BCUT2D eigenvalue weighted by atomic mass is 9.84. The molecule has 0 aliphatic carbocycles. The number of nitrogens with one attached hydrogen (secondary N) is 2. The average molecular weight is 326 g/mol. The maximum Gasteiger partial charge on any atom is 0.272 e. The Morgan fingerprint density at radius 3 is 2.92 bits per heavy atom. The predicted octanol–water partition coefficient (Wildman–Crippen LogP) is 2.73. The molecule has 3 aliphatic heterocycles. The van der Waals surface area contributed by atoms with Crippen molar-refractivity contribution in [2.24, 2.45) is 5.92 Å². The first kappa shape index (κ1) is 15.6. The molecule has 2 N–H and O–H groups in total. The number of hydrogen-bond acceptors (Lipinski definition) is 3. The van der Waals surface area contributed by atoms with Crippen LogP contribution in [0.1, 0.15) is 48.7 Å². The molecule has 5 heteroatoms. The van der Waals surface area contributed by atoms with Gasteiger partial charge in [-0.1, -0.05) is 19.4 Å². The molecule has 0 spiro atoms. The van der Waals surface area contributed by atoms with Crippen LogP contribution in [0.4, 0.5) is 0 Å². The highest BCUT2D eigenvalue weighted by molar-refractivity contribution is 6.04. The second-order valence-electron chi connectivity index (χ2n) is 7.27. The summed E-state index contributed by atoms with van der Waals surface area (Å²) in [4.78, 5) is 15.2. The van der Waals surface area contributed by atoms with Crippen molar-refractivity contribution in [2.75, 3.05) is 19.6 Å². The lowest BCUT2D eigenvalue weighted by molar-refractivity contribution is 0.0618. The van der Waals surface area contributed by atoms with Crippen molar-refractivity contribution in [1.82, 2.24) is 20.4 Å². The van der Waals surface area contributed by atoms with Gasteiger partial charge < -0.3 is 10.2 Å². The number of H-pyrrole nitrogens is 1. The number of benzene rings is 1. The summed E-state index contributed by atoms with van der Waals surface area (Å²) in [5, 5.41) is 11.5. The molecule has 2 aromatic rings. The van der Waals surface area contributed by atoms with Gasteiger partial charge in [0.25, 0.3) is 5.91 Å². The number of unbranched alkanes of at least 4 members (excludes halogenated alkanes) is 1. The number of piperidine rings is 3. The van der Waals surface area contributed by atoms with Crippen LogP contribution in [0, 0.1) is 5.92 Å². The molecule has 1 aromatic carbocycles. The van der Waals surface area contributed by atoms with Gasteiger partial charge in [-0.15, -0.1) is 0 Å². The first-order valence-corrected chi connectivity index (χ1v) is 9.25. The summed E-state index contributed by atoms with van der Waals surface area (Å²) in [5.41, 5.74) is 2.76. The second-order valence-corrected chi connectivity index (χ2v) is 7.27. The van der Waals surface area contributed by atoms with E-state index >= 15 is 0 Å². The van der Waals surface area contributed by atoms with Gasteiger partial charge in [0, 0.05) is 18.0 Å². The van der Waals surface area contributed by atoms with Crippen LogP contribution in [0.2, 0.25) is 0 Å². The number of rotatable bonds is 5. The maximum atomic E-state index is 12.8. The van der Waals surface area contributed by atoms with Gasteiger partial charge in [0.1, 0.15) is 0 Å². The third-order valence-corrected chi connectivity index (χ3v) is 5.63. The zero-order chi connectivity index (χ0) is 16.5. The lowest BCUT2D eigenvalue weighted by Crippen LogP contribution is -2.57. The van der Waals surface area contributed by atoms with Crippen LogP contribution < -0.4 is 5.32 Å². The van der Waals surface area contributed by atoms with E-state index in [0.29, 0.717) is 11.6 Å². The topological polar surface area (TPSA) is 61.0 Å². The Morgan fingerprint density at radius 2 is 2.21 bits per heavy atom. The van der Waals surface area contributed by atoms with Gasteiger partial charge in [0.2, 0.25) is 0 Å². The summed E-state index contributed by atoms with van der Waals surface area (Å²) in [6, 6.07) is 6.57. The number of aryl methyl sites for hydroxylation is 1. The molecular formula is C19H26N4O. The molecule has 0 radical (unpaired) electrons. The fraction of sp³-hybridized carbons (Fsp3) is 0.579. The molecule has 1 amide bonds. The number of carbonyl (C=O) groups excluding carboxylic acids is 1. The van der Waals surface area contributed by atoms with Gasteiger partial charge in [-0.3, -0.25) is 9.89 Å². The van der Waals surface area contributed by atoms with E-state index in [1.54, 1.807) is 0 Å². The average Bonchev–Trinajstić information content (AvgIpc) is 3.04. The fourth-order valence-corrected chi connectivity index (χ4v) is 4.14. The van der Waals surface area contributed by atoms with E-state index in [2.05, 4.69) is 39.5 Å². The molecule has 3 fully saturated rings. The van der Waals surface area contributed by atoms with Crippen molar-refractivity contribution in [3.8, 4) is 0 Å². The molecule has 1 aromatic heterocycles. The van der Waals surface area contributed by atoms with E-state index in [4.69, 9.17) is 0 Å². The van der Waals surface area contributed by atoms with Crippen molar-refractivity contribution >= 4 is 16.8 Å². The van der Waals surface area contributed by atoms with Gasteiger partial charge in [0.05, 0.1) is 5.52 Å². The molecule has 5 rings (SSSR count). The van der Waals surface area contributed by atoms with Crippen molar-refractivity contribution < 1.29 is 4.79 Å². The standard InChI is InChI=1S/C19H26N4O/c1-2-3-4-13-5-6-16-15(11-13)18(22-21-16)19(24)20-17-12-23-9-7-14(17)8-10-23/h5-6,11,14,17H,2-4,7-10,12H2,1H3,(H,20,24)(H,21,22)/t17-/m1/s1. The number of nitrogens with zero attached hydrogens (tertiary/aromatic N) is 2. The molecule has 2 bridgehead atoms. The molecule has 3 aliphatic rings. The summed E-state index contributed by atoms with van der Waals surface area (Å²) in [6.07, 6.45) is 5.81. The van der Waals surface area contributed by atoms with E-state index in [0.717, 1.165) is 23.9 Å². The van der Waals surface area contributed by atoms with E-state index in [1.165, 1.54) is 44.3 Å². The van der Waals surface area contributed by atoms with Crippen molar-refractivity contribution in [3.05, 3.63) is 29.5 Å². The predicted molar refractivity (Wildman–Crippen MR) is 95.1 cm³/mol. The zero-order valence-corrected chi connectivity index (χ0v) is 14.3. The molecule has 0 unspecified atom stereocenters. The first-order valence-electron chi connectivity index (χ1n) is 9.25. The highest BCUT2D eigenvalue weighted by atomic mass is 16.2. The molecule has 3 saturated heterocycles. The molecule has 24 heavy (non-hydrogen) atoms. The molecule has 4 heterocycles. The van der Waals surface area contributed by atoms with E-state index < -0.39 is 0 Å². The summed E-state index contributed by atoms with van der Waals surface area (Å²) >= 11 is 0. The molecule has 5 nitrogen and oxygen atoms in total. The van der Waals surface area contributed by atoms with Crippen LogP contribution in [0.25, 0.3) is 10.9 Å². The van der Waals surface area contributed by atoms with Gasteiger partial charge in [-0.05, 0) is 62.4 Å². The van der Waals surface area contributed by atoms with Crippen LogP contribution in [-0.4, -0.2) is 46.7 Å². The van der Waals surface area contributed by atoms with Crippen LogP contribution in [0.3, 0.4) is 0 Å². The Kier molecular flexibility index (Phi) is 4.27. The van der Waals surface area contributed by atoms with Gasteiger partial charge in [-0.25, -0.2) is 0 Å². The Bertz CT molecular complexity index is 730. The number of hydrogen-bond donors (Lipinski definition) is 2. The third-order valence-electron chi connectivity index (χ3n) is 5.63. The number of aromatic nitrogens is 2. The summed E-state index contributed by atoms with van der Waals surface area (Å²) in [5.74, 6) is 0.594. The Hall–Kier alpha value is -1.88. The van der Waals surface area contributed by atoms with Crippen LogP contribution >= 0.6 is 0 Å². The summed E-state index contributed by atoms with van der Waals surface area (Å²) in [7, 11) is 0. The van der Waals surface area contributed by atoms with Crippen LogP contribution in [0.15, 0.2) is 18.2 Å². The monoisotopic (exact) mass is 326 g/mol. The molecule has 1 atom stereocenters. The smallest absolute Gasteiger partial charge is 0.272 e. The van der Waals surface area contributed by atoms with Crippen molar-refractivity contribution in [1.29, 1.82) is 0 Å². The molecular weight excluding hydrogens is 300 g/mol. The molecule has 0 saturated carbocycles. The Balaban J connectivity index is 1.53. The first-order chi connectivity index (χ1) is 11.7. The third kappa shape index (κ3) is 2.93. The minimum atomic E-state index is -0.0346. The quantitative estimate of drug-likeness (QED) is 0.888. The normalized spacial score (nSPS) is 26.0. The van der Waals surface area contributed by atoms with Crippen molar-refractivity contribution in [3.63, 3.8) is 0 Å².